The molecule has 1 heterocycles. The first kappa shape index (κ1) is 23.9. The summed E-state index contributed by atoms with van der Waals surface area (Å²) in [4.78, 5) is 2.86. The second-order valence-electron chi connectivity index (χ2n) is 8.11. The number of rotatable bonds is 6. The van der Waals surface area contributed by atoms with Crippen LogP contribution in [0.5, 0.6) is 0 Å². The lowest BCUT2D eigenvalue weighted by molar-refractivity contribution is -0.142. The average Bonchev–Trinajstić information content (AvgIpc) is 3.16. The molecule has 4 aromatic rings. The molecule has 0 spiro atoms. The van der Waals surface area contributed by atoms with Gasteiger partial charge in [0.25, 0.3) is 0 Å². The smallest absolute Gasteiger partial charge is 0.354 e. The Morgan fingerprint density at radius 1 is 0.706 bits per heavy atom. The molecular formula is C26H22F6N2. The highest BCUT2D eigenvalue weighted by Gasteiger charge is 2.39. The number of aromatic nitrogens is 1. The SMILES string of the molecule is NCCCCc1c(-c2ccc(-c3ccccc3)cc2)[nH]c2cc(C(F)(F)F)cc(C(F)(F)F)c12. The van der Waals surface area contributed by atoms with Gasteiger partial charge in [-0.1, -0.05) is 54.6 Å². The molecular weight excluding hydrogens is 454 g/mol. The van der Waals surface area contributed by atoms with Crippen molar-refractivity contribution in [2.75, 3.05) is 6.54 Å². The van der Waals surface area contributed by atoms with Crippen molar-refractivity contribution in [3.63, 3.8) is 0 Å². The first-order valence-electron chi connectivity index (χ1n) is 10.8. The van der Waals surface area contributed by atoms with E-state index in [1.807, 2.05) is 42.5 Å². The quantitative estimate of drug-likeness (QED) is 0.216. The van der Waals surface area contributed by atoms with Gasteiger partial charge in [0.1, 0.15) is 0 Å². The minimum absolute atomic E-state index is 0.188. The van der Waals surface area contributed by atoms with Crippen molar-refractivity contribution in [1.29, 1.82) is 0 Å². The predicted molar refractivity (Wildman–Crippen MR) is 121 cm³/mol. The van der Waals surface area contributed by atoms with Crippen LogP contribution in [0.1, 0.15) is 29.5 Å². The number of aryl methyl sites for hydroxylation is 1. The summed E-state index contributed by atoms with van der Waals surface area (Å²) in [5.74, 6) is 0. The summed E-state index contributed by atoms with van der Waals surface area (Å²) < 4.78 is 81.8. The van der Waals surface area contributed by atoms with Crippen LogP contribution in [0.2, 0.25) is 0 Å². The fraction of sp³-hybridized carbons (Fsp3) is 0.231. The van der Waals surface area contributed by atoms with Gasteiger partial charge in [-0.2, -0.15) is 26.3 Å². The molecule has 0 amide bonds. The van der Waals surface area contributed by atoms with E-state index < -0.39 is 23.5 Å². The minimum Gasteiger partial charge on any atom is -0.354 e. The normalized spacial score (nSPS) is 12.4. The molecule has 8 heteroatoms. The van der Waals surface area contributed by atoms with Crippen molar-refractivity contribution >= 4 is 10.9 Å². The molecule has 3 aromatic carbocycles. The van der Waals surface area contributed by atoms with Crippen molar-refractivity contribution in [2.24, 2.45) is 5.73 Å². The molecule has 0 fully saturated rings. The highest BCUT2D eigenvalue weighted by molar-refractivity contribution is 5.94. The molecule has 0 bridgehead atoms. The Morgan fingerprint density at radius 2 is 1.32 bits per heavy atom. The molecule has 0 aliphatic carbocycles. The van der Waals surface area contributed by atoms with E-state index in [2.05, 4.69) is 4.98 Å². The molecule has 34 heavy (non-hydrogen) atoms. The summed E-state index contributed by atoms with van der Waals surface area (Å²) >= 11 is 0. The standard InChI is InChI=1S/C26H22F6N2/c27-25(28,29)19-14-21(26(30,31)32)23-20(8-4-5-13-33)24(34-22(23)15-19)18-11-9-17(10-12-18)16-6-2-1-3-7-16/h1-3,6-7,9-12,14-15,34H,4-5,8,13,33H2. The van der Waals surface area contributed by atoms with E-state index in [1.165, 1.54) is 0 Å². The second kappa shape index (κ2) is 9.18. The molecule has 0 radical (unpaired) electrons. The summed E-state index contributed by atoms with van der Waals surface area (Å²) in [6.07, 6.45) is -8.51. The number of nitrogens with two attached hydrogens (primary N) is 1. The number of fused-ring (bicyclic) bond motifs is 1. The highest BCUT2D eigenvalue weighted by Crippen LogP contribution is 2.44. The van der Waals surface area contributed by atoms with Gasteiger partial charge in [-0.15, -0.1) is 0 Å². The molecule has 3 N–H and O–H groups in total. The third kappa shape index (κ3) is 4.82. The molecule has 0 saturated heterocycles. The van der Waals surface area contributed by atoms with Crippen LogP contribution in [0.25, 0.3) is 33.3 Å². The number of hydrogen-bond donors (Lipinski definition) is 2. The number of unbranched alkanes of at least 4 members (excludes halogenated alkanes) is 1. The number of aromatic amines is 1. The fourth-order valence-electron chi connectivity index (χ4n) is 4.19. The molecule has 4 rings (SSSR count). The maximum Gasteiger partial charge on any atom is 0.417 e. The largest absolute Gasteiger partial charge is 0.417 e. The lowest BCUT2D eigenvalue weighted by Gasteiger charge is -2.14. The third-order valence-corrected chi connectivity index (χ3v) is 5.80. The molecule has 0 atom stereocenters. The Labute approximate surface area is 192 Å². The lowest BCUT2D eigenvalue weighted by atomic mass is 9.95. The van der Waals surface area contributed by atoms with E-state index in [4.69, 9.17) is 5.73 Å². The van der Waals surface area contributed by atoms with Gasteiger partial charge in [0.05, 0.1) is 11.1 Å². The monoisotopic (exact) mass is 476 g/mol. The Kier molecular flexibility index (Phi) is 6.45. The van der Waals surface area contributed by atoms with Gasteiger partial charge >= 0.3 is 12.4 Å². The lowest BCUT2D eigenvalue weighted by Crippen LogP contribution is -2.11. The van der Waals surface area contributed by atoms with Gasteiger partial charge in [-0.25, -0.2) is 0 Å². The van der Waals surface area contributed by atoms with E-state index in [1.54, 1.807) is 12.1 Å². The molecule has 178 valence electrons. The zero-order chi connectivity index (χ0) is 24.5. The number of nitrogens with one attached hydrogen (secondary N) is 1. The van der Waals surface area contributed by atoms with Gasteiger partial charge in [0, 0.05) is 16.6 Å². The minimum atomic E-state index is -4.95. The predicted octanol–water partition coefficient (Wildman–Crippen LogP) is 7.82. The zero-order valence-electron chi connectivity index (χ0n) is 18.0. The van der Waals surface area contributed by atoms with Crippen molar-refractivity contribution < 1.29 is 26.3 Å². The van der Waals surface area contributed by atoms with Gasteiger partial charge in [-0.05, 0) is 60.2 Å². The Bertz CT molecular complexity index is 1270. The molecule has 1 aromatic heterocycles. The maximum absolute atomic E-state index is 13.9. The van der Waals surface area contributed by atoms with Gasteiger partial charge in [0.15, 0.2) is 0 Å². The molecule has 0 saturated carbocycles. The van der Waals surface area contributed by atoms with Crippen LogP contribution in [0.4, 0.5) is 26.3 Å². The van der Waals surface area contributed by atoms with Crippen molar-refractivity contribution in [1.82, 2.24) is 4.98 Å². The van der Waals surface area contributed by atoms with E-state index in [9.17, 15) is 26.3 Å². The molecule has 0 unspecified atom stereocenters. The van der Waals surface area contributed by atoms with E-state index in [0.29, 0.717) is 36.2 Å². The van der Waals surface area contributed by atoms with Crippen molar-refractivity contribution in [2.45, 2.75) is 31.6 Å². The Balaban J connectivity index is 1.91. The maximum atomic E-state index is 13.9. The summed E-state index contributed by atoms with van der Waals surface area (Å²) in [6, 6.07) is 17.7. The van der Waals surface area contributed by atoms with Crippen LogP contribution in [0.3, 0.4) is 0 Å². The number of hydrogen-bond acceptors (Lipinski definition) is 1. The summed E-state index contributed by atoms with van der Waals surface area (Å²) in [7, 11) is 0. The van der Waals surface area contributed by atoms with E-state index >= 15 is 0 Å². The van der Waals surface area contributed by atoms with Crippen LogP contribution in [0, 0.1) is 0 Å². The highest BCUT2D eigenvalue weighted by atomic mass is 19.4. The Morgan fingerprint density at radius 3 is 1.91 bits per heavy atom. The average molecular weight is 476 g/mol. The first-order valence-corrected chi connectivity index (χ1v) is 10.8. The van der Waals surface area contributed by atoms with Crippen LogP contribution >= 0.6 is 0 Å². The van der Waals surface area contributed by atoms with Crippen LogP contribution in [-0.4, -0.2) is 11.5 Å². The van der Waals surface area contributed by atoms with Crippen LogP contribution < -0.4 is 5.73 Å². The third-order valence-electron chi connectivity index (χ3n) is 5.80. The number of alkyl halides is 6. The number of halogens is 6. The Hall–Kier alpha value is -3.26. The number of H-pyrrole nitrogens is 1. The summed E-state index contributed by atoms with van der Waals surface area (Å²) in [5, 5.41) is -0.223. The second-order valence-corrected chi connectivity index (χ2v) is 8.11. The van der Waals surface area contributed by atoms with Crippen LogP contribution in [0.15, 0.2) is 66.7 Å². The van der Waals surface area contributed by atoms with Crippen molar-refractivity contribution in [3.05, 3.63) is 83.4 Å². The molecule has 0 aliphatic heterocycles. The van der Waals surface area contributed by atoms with Gasteiger partial charge in [-0.3, -0.25) is 0 Å². The molecule has 0 aliphatic rings. The van der Waals surface area contributed by atoms with Crippen LogP contribution in [-0.2, 0) is 18.8 Å². The summed E-state index contributed by atoms with van der Waals surface area (Å²) in [6.45, 7) is 0.369. The first-order chi connectivity index (χ1) is 16.1. The van der Waals surface area contributed by atoms with E-state index in [-0.39, 0.29) is 23.4 Å². The fourth-order valence-corrected chi connectivity index (χ4v) is 4.19. The summed E-state index contributed by atoms with van der Waals surface area (Å²) in [5.41, 5.74) is 5.96. The van der Waals surface area contributed by atoms with E-state index in [0.717, 1.165) is 17.2 Å². The van der Waals surface area contributed by atoms with Gasteiger partial charge < -0.3 is 10.7 Å². The van der Waals surface area contributed by atoms with Gasteiger partial charge in [0.2, 0.25) is 0 Å². The number of benzene rings is 3. The topological polar surface area (TPSA) is 41.8 Å². The zero-order valence-corrected chi connectivity index (χ0v) is 18.0. The van der Waals surface area contributed by atoms with Crippen molar-refractivity contribution in [3.8, 4) is 22.4 Å². The molecule has 2 nitrogen and oxygen atoms in total.